The number of rotatable bonds is 5. The van der Waals surface area contributed by atoms with Crippen molar-refractivity contribution in [3.05, 3.63) is 48.5 Å². The van der Waals surface area contributed by atoms with Gasteiger partial charge in [0.2, 0.25) is 0 Å². The molecule has 30 heavy (non-hydrogen) atoms. The van der Waals surface area contributed by atoms with E-state index in [0.29, 0.717) is 0 Å². The Kier molecular flexibility index (Phi) is 8.72. The molecular formula is C22H24N2S6. The molecule has 0 radical (unpaired) electrons. The van der Waals surface area contributed by atoms with Crippen molar-refractivity contribution >= 4 is 76.3 Å². The molecule has 0 N–H and O–H groups in total. The summed E-state index contributed by atoms with van der Waals surface area (Å²) in [4.78, 5) is 7.11. The molecule has 0 unspecified atom stereocenters. The van der Waals surface area contributed by atoms with E-state index < -0.39 is 0 Å². The molecule has 2 aliphatic rings. The van der Waals surface area contributed by atoms with Crippen LogP contribution in [0.15, 0.2) is 58.3 Å². The number of thiocarbonyl (C=S) groups is 2. The Balaban J connectivity index is 1.27. The fraction of sp³-hybridized carbons (Fsp3) is 0.364. The Morgan fingerprint density at radius 2 is 0.900 bits per heavy atom. The molecule has 2 aliphatic heterocycles. The zero-order chi connectivity index (χ0) is 20.8. The number of nitrogens with zero attached hydrogens (tertiary/aromatic N) is 2. The number of hydrogen-bond acceptors (Lipinski definition) is 6. The first-order chi connectivity index (χ1) is 14.7. The molecule has 2 nitrogen and oxygen atoms in total. The first kappa shape index (κ1) is 22.8. The molecule has 0 atom stereocenters. The minimum atomic E-state index is 1.01. The maximum atomic E-state index is 5.55. The average molecular weight is 509 g/mol. The van der Waals surface area contributed by atoms with Crippen LogP contribution in [0.4, 0.5) is 0 Å². The van der Waals surface area contributed by atoms with Gasteiger partial charge in [0, 0.05) is 36.0 Å². The van der Waals surface area contributed by atoms with Crippen LogP contribution in [-0.2, 0) is 0 Å². The highest BCUT2D eigenvalue weighted by molar-refractivity contribution is 8.84. The third-order valence-electron chi connectivity index (χ3n) is 5.19. The van der Waals surface area contributed by atoms with Gasteiger partial charge in [0.25, 0.3) is 0 Å². The van der Waals surface area contributed by atoms with Gasteiger partial charge in [-0.15, -0.1) is 0 Å². The Morgan fingerprint density at radius 3 is 1.23 bits per heavy atom. The minimum Gasteiger partial charge on any atom is -0.357 e. The van der Waals surface area contributed by atoms with Crippen LogP contribution in [0.25, 0.3) is 11.1 Å². The summed E-state index contributed by atoms with van der Waals surface area (Å²) in [7, 11) is 6.91. The van der Waals surface area contributed by atoms with E-state index in [1.807, 2.05) is 0 Å². The highest BCUT2D eigenvalue weighted by atomic mass is 33.1. The van der Waals surface area contributed by atoms with Crippen molar-refractivity contribution < 1.29 is 0 Å². The Morgan fingerprint density at radius 1 is 0.567 bits per heavy atom. The molecule has 0 aliphatic carbocycles. The normalized spacial score (nSPS) is 16.3. The summed E-state index contributed by atoms with van der Waals surface area (Å²) in [5, 5.41) is 0. The molecule has 2 aromatic rings. The van der Waals surface area contributed by atoms with Gasteiger partial charge in [-0.2, -0.15) is 0 Å². The monoisotopic (exact) mass is 508 g/mol. The van der Waals surface area contributed by atoms with E-state index >= 15 is 0 Å². The van der Waals surface area contributed by atoms with Crippen LogP contribution >= 0.6 is 67.6 Å². The second-order valence-electron chi connectivity index (χ2n) is 7.30. The molecule has 2 saturated heterocycles. The highest BCUT2D eigenvalue weighted by Crippen LogP contribution is 2.37. The Hall–Kier alpha value is -0.380. The van der Waals surface area contributed by atoms with Crippen LogP contribution in [0.1, 0.15) is 25.7 Å². The van der Waals surface area contributed by atoms with Gasteiger partial charge in [-0.05, 0) is 82.7 Å². The number of likely N-dealkylation sites (tertiary alicyclic amines) is 2. The molecule has 0 bridgehead atoms. The van der Waals surface area contributed by atoms with Crippen molar-refractivity contribution in [2.24, 2.45) is 0 Å². The van der Waals surface area contributed by atoms with Gasteiger partial charge in [-0.3, -0.25) is 0 Å². The molecule has 0 saturated carbocycles. The lowest BCUT2D eigenvalue weighted by Gasteiger charge is -2.17. The van der Waals surface area contributed by atoms with Gasteiger partial charge in [0.1, 0.15) is 8.64 Å². The van der Waals surface area contributed by atoms with Crippen LogP contribution in [0.2, 0.25) is 0 Å². The summed E-state index contributed by atoms with van der Waals surface area (Å²) < 4.78 is 2.02. The van der Waals surface area contributed by atoms with Crippen molar-refractivity contribution in [1.29, 1.82) is 0 Å². The maximum Gasteiger partial charge on any atom is 0.147 e. The summed E-state index contributed by atoms with van der Waals surface area (Å²) in [5.41, 5.74) is 2.48. The SMILES string of the molecule is S=C(SSc1ccc(-c2ccc(SSC(=S)N3CCCC3)cc2)cc1)N1CCCC1. The predicted molar refractivity (Wildman–Crippen MR) is 146 cm³/mol. The maximum absolute atomic E-state index is 5.55. The fourth-order valence-electron chi connectivity index (χ4n) is 3.48. The summed E-state index contributed by atoms with van der Waals surface area (Å²) in [6.07, 6.45) is 5.06. The largest absolute Gasteiger partial charge is 0.357 e. The van der Waals surface area contributed by atoms with Crippen LogP contribution < -0.4 is 0 Å². The van der Waals surface area contributed by atoms with Crippen molar-refractivity contribution in [1.82, 2.24) is 9.80 Å². The van der Waals surface area contributed by atoms with E-state index in [1.54, 1.807) is 43.2 Å². The smallest absolute Gasteiger partial charge is 0.147 e. The van der Waals surface area contributed by atoms with Crippen LogP contribution in [0.5, 0.6) is 0 Å². The molecule has 8 heteroatoms. The fourth-order valence-corrected chi connectivity index (χ4v) is 8.17. The van der Waals surface area contributed by atoms with Gasteiger partial charge >= 0.3 is 0 Å². The Labute approximate surface area is 206 Å². The van der Waals surface area contributed by atoms with E-state index in [9.17, 15) is 0 Å². The second-order valence-corrected chi connectivity index (χ2v) is 13.0. The molecule has 2 heterocycles. The molecule has 158 valence electrons. The summed E-state index contributed by atoms with van der Waals surface area (Å²) in [6, 6.07) is 17.5. The molecule has 2 fully saturated rings. The lowest BCUT2D eigenvalue weighted by molar-refractivity contribution is 0.539. The van der Waals surface area contributed by atoms with Crippen LogP contribution in [0, 0.1) is 0 Å². The summed E-state index contributed by atoms with van der Waals surface area (Å²) >= 11 is 11.1. The highest BCUT2D eigenvalue weighted by Gasteiger charge is 2.16. The third kappa shape index (κ3) is 6.33. The first-order valence-corrected chi connectivity index (χ1v) is 15.3. The van der Waals surface area contributed by atoms with E-state index in [-0.39, 0.29) is 0 Å². The molecule has 4 rings (SSSR count). The lowest BCUT2D eigenvalue weighted by atomic mass is 10.1. The molecule has 0 spiro atoms. The zero-order valence-corrected chi connectivity index (χ0v) is 21.5. The number of benzene rings is 2. The zero-order valence-electron chi connectivity index (χ0n) is 16.6. The van der Waals surface area contributed by atoms with Crippen molar-refractivity contribution in [2.45, 2.75) is 35.5 Å². The summed E-state index contributed by atoms with van der Waals surface area (Å²) in [6.45, 7) is 4.45. The molecule has 2 aromatic carbocycles. The van der Waals surface area contributed by atoms with Crippen molar-refractivity contribution in [2.75, 3.05) is 26.2 Å². The molecule has 0 amide bonds. The van der Waals surface area contributed by atoms with Gasteiger partial charge in [0.05, 0.1) is 0 Å². The molecular weight excluding hydrogens is 485 g/mol. The topological polar surface area (TPSA) is 6.48 Å². The predicted octanol–water partition coefficient (Wildman–Crippen LogP) is 7.60. The quantitative estimate of drug-likeness (QED) is 0.297. The van der Waals surface area contributed by atoms with E-state index in [2.05, 4.69) is 58.3 Å². The first-order valence-electron chi connectivity index (χ1n) is 10.2. The van der Waals surface area contributed by atoms with E-state index in [0.717, 1.165) is 34.8 Å². The van der Waals surface area contributed by atoms with Crippen molar-refractivity contribution in [3.8, 4) is 11.1 Å². The van der Waals surface area contributed by atoms with Gasteiger partial charge in [0.15, 0.2) is 0 Å². The van der Waals surface area contributed by atoms with Gasteiger partial charge < -0.3 is 9.80 Å². The van der Waals surface area contributed by atoms with Gasteiger partial charge in [-0.25, -0.2) is 0 Å². The van der Waals surface area contributed by atoms with Crippen LogP contribution in [0.3, 0.4) is 0 Å². The standard InChI is InChI=1S/C22H24N2S6/c25-21(23-13-1-2-14-23)29-27-19-9-5-17(6-10-19)18-7-11-20(12-8-18)28-30-22(26)24-15-3-4-16-24/h5-12H,1-4,13-16H2. The van der Waals surface area contributed by atoms with E-state index in [1.165, 1.54) is 46.6 Å². The Bertz CT molecular complexity index is 783. The second kappa shape index (κ2) is 11.5. The van der Waals surface area contributed by atoms with Gasteiger partial charge in [-0.1, -0.05) is 70.3 Å². The third-order valence-corrected chi connectivity index (χ3v) is 11.3. The van der Waals surface area contributed by atoms with Crippen LogP contribution in [-0.4, -0.2) is 44.6 Å². The minimum absolute atomic E-state index is 1.01. The van der Waals surface area contributed by atoms with E-state index in [4.69, 9.17) is 24.4 Å². The lowest BCUT2D eigenvalue weighted by Crippen LogP contribution is -2.22. The molecule has 0 aromatic heterocycles. The average Bonchev–Trinajstić information content (AvgIpc) is 3.51. The summed E-state index contributed by atoms with van der Waals surface area (Å²) in [5.74, 6) is 0. The van der Waals surface area contributed by atoms with Crippen molar-refractivity contribution in [3.63, 3.8) is 0 Å². The number of hydrogen-bond donors (Lipinski definition) is 0.